The molecule has 60 heavy (non-hydrogen) atoms. The average Bonchev–Trinajstić information content (AvgIpc) is 3.22. The lowest BCUT2D eigenvalue weighted by Gasteiger charge is -2.20. The fourth-order valence-corrected chi connectivity index (χ4v) is 6.69. The lowest BCUT2D eigenvalue weighted by atomic mass is 10.0. The van der Waals surface area contributed by atoms with E-state index in [0.29, 0.717) is 12.8 Å². The monoisotopic (exact) mass is 864 g/mol. The van der Waals surface area contributed by atoms with Crippen molar-refractivity contribution in [1.82, 2.24) is 0 Å². The number of ether oxygens (including phenoxy) is 2. The van der Waals surface area contributed by atoms with Crippen molar-refractivity contribution in [3.8, 4) is 0 Å². The van der Waals surface area contributed by atoms with E-state index in [1.165, 1.54) is 83.5 Å². The fraction of sp³-hybridized carbons (Fsp3) is 0.688. The number of carboxylic acids is 1. The van der Waals surface area contributed by atoms with E-state index in [2.05, 4.69) is 79.1 Å². The molecule has 0 spiro atoms. The van der Waals surface area contributed by atoms with Crippen molar-refractivity contribution in [2.75, 3.05) is 19.8 Å². The van der Waals surface area contributed by atoms with E-state index in [-0.39, 0.29) is 19.4 Å². The van der Waals surface area contributed by atoms with Crippen LogP contribution in [0.15, 0.2) is 72.9 Å². The molecule has 3 atom stereocenters. The molecule has 0 saturated carbocycles. The average molecular weight is 864 g/mol. The molecule has 344 valence electrons. The third-order valence-corrected chi connectivity index (χ3v) is 10.4. The van der Waals surface area contributed by atoms with Crippen LogP contribution in [0.1, 0.15) is 181 Å². The van der Waals surface area contributed by atoms with Crippen LogP contribution in [-0.2, 0) is 37.5 Å². The SMILES string of the molecule is CC/C=C/C/C=C/C/C=C/C/C=C/C/C=C/C/C=C/CCC(=O)OC[C@H](COP(=O)(O)OC[C@H](N)C(=O)O)OC(=O)CCCCCCCCCCCCCCCCCCC. The Labute approximate surface area is 363 Å². The summed E-state index contributed by atoms with van der Waals surface area (Å²) in [5.41, 5.74) is 5.33. The van der Waals surface area contributed by atoms with Gasteiger partial charge in [-0.1, -0.05) is 189 Å². The quantitative estimate of drug-likeness (QED) is 0.0231. The molecular formula is C48H82NO10P. The van der Waals surface area contributed by atoms with Crippen LogP contribution in [0.4, 0.5) is 0 Å². The zero-order valence-electron chi connectivity index (χ0n) is 37.3. The van der Waals surface area contributed by atoms with Crippen LogP contribution in [0.3, 0.4) is 0 Å². The van der Waals surface area contributed by atoms with Gasteiger partial charge in [-0.05, 0) is 51.4 Å². The Balaban J connectivity index is 4.44. The fourth-order valence-electron chi connectivity index (χ4n) is 5.91. The van der Waals surface area contributed by atoms with Crippen LogP contribution in [0.5, 0.6) is 0 Å². The minimum Gasteiger partial charge on any atom is -0.480 e. The van der Waals surface area contributed by atoms with Gasteiger partial charge in [0.1, 0.15) is 12.6 Å². The van der Waals surface area contributed by atoms with Crippen LogP contribution in [-0.4, -0.2) is 59.9 Å². The van der Waals surface area contributed by atoms with Crippen molar-refractivity contribution in [3.63, 3.8) is 0 Å². The highest BCUT2D eigenvalue weighted by Crippen LogP contribution is 2.43. The predicted octanol–water partition coefficient (Wildman–Crippen LogP) is 12.5. The molecule has 0 saturated heterocycles. The zero-order chi connectivity index (χ0) is 44.2. The van der Waals surface area contributed by atoms with E-state index in [0.717, 1.165) is 57.8 Å². The third kappa shape index (κ3) is 41.6. The summed E-state index contributed by atoms with van der Waals surface area (Å²) in [5, 5.41) is 8.90. The van der Waals surface area contributed by atoms with Crippen LogP contribution < -0.4 is 5.73 Å². The number of carbonyl (C=O) groups is 3. The van der Waals surface area contributed by atoms with Gasteiger partial charge in [0, 0.05) is 12.8 Å². The number of hydrogen-bond acceptors (Lipinski definition) is 9. The maximum atomic E-state index is 12.6. The Kier molecular flexibility index (Phi) is 40.4. The van der Waals surface area contributed by atoms with Gasteiger partial charge in [0.15, 0.2) is 6.10 Å². The van der Waals surface area contributed by atoms with Crippen molar-refractivity contribution in [2.24, 2.45) is 5.73 Å². The molecule has 0 radical (unpaired) electrons. The standard InChI is InChI=1S/C48H82NO10P/c1-3-5-7-9-11-13-15-17-19-21-22-24-25-27-29-31-33-35-37-39-46(50)56-41-44(42-57-60(54,55)58-43-45(49)48(52)53)59-47(51)40-38-36-34-32-30-28-26-23-20-18-16-14-12-10-8-6-4-2/h5,7,11,13,17,19,22,24,27,29,33,35,44-45H,3-4,6,8-10,12,14-16,18,20-21,23,25-26,28,30-32,34,36-43,49H2,1-2H3,(H,52,53)(H,54,55)/b7-5+,13-11+,19-17+,24-22+,29-27+,35-33+/t44-,45+/m1/s1. The highest BCUT2D eigenvalue weighted by atomic mass is 31.2. The summed E-state index contributed by atoms with van der Waals surface area (Å²) < 4.78 is 32.7. The first kappa shape index (κ1) is 56.9. The van der Waals surface area contributed by atoms with Gasteiger partial charge in [-0.3, -0.25) is 23.4 Å². The molecule has 0 aliphatic rings. The summed E-state index contributed by atoms with van der Waals surface area (Å²) in [6, 6.07) is -1.53. The van der Waals surface area contributed by atoms with Gasteiger partial charge in [0.25, 0.3) is 0 Å². The maximum Gasteiger partial charge on any atom is 0.472 e. The molecule has 0 fully saturated rings. The van der Waals surface area contributed by atoms with Crippen molar-refractivity contribution < 1.29 is 47.5 Å². The zero-order valence-corrected chi connectivity index (χ0v) is 38.2. The van der Waals surface area contributed by atoms with E-state index in [1.54, 1.807) is 0 Å². The molecule has 1 unspecified atom stereocenters. The lowest BCUT2D eigenvalue weighted by Crippen LogP contribution is -2.34. The van der Waals surface area contributed by atoms with E-state index < -0.39 is 51.1 Å². The van der Waals surface area contributed by atoms with E-state index in [1.807, 2.05) is 12.2 Å². The number of nitrogens with two attached hydrogens (primary N) is 1. The molecule has 0 heterocycles. The molecular weight excluding hydrogens is 781 g/mol. The minimum absolute atomic E-state index is 0.0949. The highest BCUT2D eigenvalue weighted by molar-refractivity contribution is 7.47. The number of phosphoric acid groups is 1. The Morgan fingerprint density at radius 1 is 0.533 bits per heavy atom. The molecule has 11 nitrogen and oxygen atoms in total. The summed E-state index contributed by atoms with van der Waals surface area (Å²) in [4.78, 5) is 46.0. The molecule has 0 bridgehead atoms. The van der Waals surface area contributed by atoms with Crippen molar-refractivity contribution in [2.45, 2.75) is 193 Å². The summed E-state index contributed by atoms with van der Waals surface area (Å²) in [6.45, 7) is 2.62. The van der Waals surface area contributed by atoms with Gasteiger partial charge in [0.2, 0.25) is 0 Å². The normalized spacial score (nSPS) is 14.3. The predicted molar refractivity (Wildman–Crippen MR) is 244 cm³/mol. The molecule has 12 heteroatoms. The van der Waals surface area contributed by atoms with Gasteiger partial charge in [0.05, 0.1) is 13.2 Å². The number of phosphoric ester groups is 1. The number of carbonyl (C=O) groups excluding carboxylic acids is 2. The highest BCUT2D eigenvalue weighted by Gasteiger charge is 2.28. The van der Waals surface area contributed by atoms with Crippen LogP contribution >= 0.6 is 7.82 Å². The van der Waals surface area contributed by atoms with Gasteiger partial charge in [-0.15, -0.1) is 0 Å². The molecule has 0 rings (SSSR count). The van der Waals surface area contributed by atoms with Crippen LogP contribution in [0.25, 0.3) is 0 Å². The van der Waals surface area contributed by atoms with E-state index in [4.69, 9.17) is 24.8 Å². The van der Waals surface area contributed by atoms with E-state index >= 15 is 0 Å². The summed E-state index contributed by atoms with van der Waals surface area (Å²) >= 11 is 0. The van der Waals surface area contributed by atoms with Crippen molar-refractivity contribution in [1.29, 1.82) is 0 Å². The van der Waals surface area contributed by atoms with Crippen molar-refractivity contribution in [3.05, 3.63) is 72.9 Å². The second-order valence-corrected chi connectivity index (χ2v) is 16.6. The second-order valence-electron chi connectivity index (χ2n) is 15.2. The minimum atomic E-state index is -4.74. The number of allylic oxidation sites excluding steroid dienone is 12. The van der Waals surface area contributed by atoms with Crippen LogP contribution in [0, 0.1) is 0 Å². The van der Waals surface area contributed by atoms with E-state index in [9.17, 15) is 23.8 Å². The molecule has 0 amide bonds. The number of rotatable bonds is 42. The van der Waals surface area contributed by atoms with Crippen LogP contribution in [0.2, 0.25) is 0 Å². The Hall–Kier alpha value is -3.08. The third-order valence-electron chi connectivity index (χ3n) is 9.48. The molecule has 0 aromatic carbocycles. The number of aliphatic carboxylic acids is 1. The Morgan fingerprint density at radius 2 is 0.933 bits per heavy atom. The largest absolute Gasteiger partial charge is 0.480 e. The molecule has 0 aliphatic heterocycles. The number of carboxylic acid groups (broad SMARTS) is 1. The van der Waals surface area contributed by atoms with Gasteiger partial charge < -0.3 is 25.2 Å². The second kappa shape index (κ2) is 42.6. The molecule has 0 aliphatic carbocycles. The van der Waals surface area contributed by atoms with Crippen molar-refractivity contribution >= 4 is 25.7 Å². The summed E-state index contributed by atoms with van der Waals surface area (Å²) in [5.74, 6) is -2.48. The molecule has 0 aromatic heterocycles. The first-order valence-corrected chi connectivity index (χ1v) is 24.5. The lowest BCUT2D eigenvalue weighted by molar-refractivity contribution is -0.161. The number of esters is 2. The summed E-state index contributed by atoms with van der Waals surface area (Å²) in [7, 11) is -4.74. The number of unbranched alkanes of at least 4 members (excludes halogenated alkanes) is 16. The molecule has 4 N–H and O–H groups in total. The first-order chi connectivity index (χ1) is 29.1. The van der Waals surface area contributed by atoms with Gasteiger partial charge >= 0.3 is 25.7 Å². The van der Waals surface area contributed by atoms with Gasteiger partial charge in [-0.25, -0.2) is 4.57 Å². The molecule has 0 aromatic rings. The number of hydrogen-bond donors (Lipinski definition) is 3. The Morgan fingerprint density at radius 3 is 1.37 bits per heavy atom. The first-order valence-electron chi connectivity index (χ1n) is 23.0. The maximum absolute atomic E-state index is 12.6. The summed E-state index contributed by atoms with van der Waals surface area (Å²) in [6.07, 6.45) is 51.2. The Bertz CT molecular complexity index is 1290. The van der Waals surface area contributed by atoms with Gasteiger partial charge in [-0.2, -0.15) is 0 Å². The topological polar surface area (TPSA) is 172 Å². The smallest absolute Gasteiger partial charge is 0.472 e.